The van der Waals surface area contributed by atoms with E-state index in [0.29, 0.717) is 0 Å². The van der Waals surface area contributed by atoms with E-state index in [4.69, 9.17) is 5.73 Å². The lowest BCUT2D eigenvalue weighted by atomic mass is 9.95. The van der Waals surface area contributed by atoms with Crippen molar-refractivity contribution in [3.63, 3.8) is 0 Å². The first kappa shape index (κ1) is 12.5. The Labute approximate surface area is 97.9 Å². The van der Waals surface area contributed by atoms with E-state index in [2.05, 4.69) is 37.0 Å². The van der Waals surface area contributed by atoms with Crippen molar-refractivity contribution in [2.24, 2.45) is 10.7 Å². The van der Waals surface area contributed by atoms with Gasteiger partial charge in [0.25, 0.3) is 0 Å². The lowest BCUT2D eigenvalue weighted by Crippen LogP contribution is -2.05. The first-order chi connectivity index (χ1) is 7.74. The Bertz CT molecular complexity index is 403. The lowest BCUT2D eigenvalue weighted by Gasteiger charge is -2.11. The molecule has 0 fully saturated rings. The summed E-state index contributed by atoms with van der Waals surface area (Å²) < 4.78 is 0. The minimum absolute atomic E-state index is 0.953. The SMILES string of the molecule is CCCc1c(C)cccc1C(C=CN)=NC. The van der Waals surface area contributed by atoms with Crippen LogP contribution in [0.3, 0.4) is 0 Å². The molecule has 86 valence electrons. The molecule has 0 spiro atoms. The van der Waals surface area contributed by atoms with E-state index in [-0.39, 0.29) is 0 Å². The average Bonchev–Trinajstić information content (AvgIpc) is 2.29. The second-order valence-corrected chi connectivity index (χ2v) is 3.82. The van der Waals surface area contributed by atoms with Gasteiger partial charge in [-0.25, -0.2) is 0 Å². The summed E-state index contributed by atoms with van der Waals surface area (Å²) in [6, 6.07) is 6.33. The molecule has 16 heavy (non-hydrogen) atoms. The summed E-state index contributed by atoms with van der Waals surface area (Å²) in [5.41, 5.74) is 10.3. The summed E-state index contributed by atoms with van der Waals surface area (Å²) in [6.45, 7) is 4.34. The van der Waals surface area contributed by atoms with E-state index in [1.807, 2.05) is 6.08 Å². The molecule has 0 atom stereocenters. The van der Waals surface area contributed by atoms with Crippen LogP contribution >= 0.6 is 0 Å². The molecule has 2 N–H and O–H groups in total. The van der Waals surface area contributed by atoms with E-state index in [1.54, 1.807) is 13.2 Å². The number of allylic oxidation sites excluding steroid dienone is 1. The maximum Gasteiger partial charge on any atom is 0.0660 e. The Morgan fingerprint density at radius 2 is 2.19 bits per heavy atom. The molecule has 0 aliphatic heterocycles. The van der Waals surface area contributed by atoms with Gasteiger partial charge in [0.2, 0.25) is 0 Å². The highest BCUT2D eigenvalue weighted by atomic mass is 14.7. The van der Waals surface area contributed by atoms with E-state index in [1.165, 1.54) is 16.7 Å². The lowest BCUT2D eigenvalue weighted by molar-refractivity contribution is 0.910. The van der Waals surface area contributed by atoms with Crippen LogP contribution in [0.1, 0.15) is 30.0 Å². The Morgan fingerprint density at radius 3 is 2.75 bits per heavy atom. The highest BCUT2D eigenvalue weighted by Crippen LogP contribution is 2.17. The summed E-state index contributed by atoms with van der Waals surface area (Å²) >= 11 is 0. The molecule has 2 heteroatoms. The molecule has 0 amide bonds. The van der Waals surface area contributed by atoms with E-state index in [9.17, 15) is 0 Å². The number of aryl methyl sites for hydroxylation is 1. The molecule has 0 radical (unpaired) electrons. The highest BCUT2D eigenvalue weighted by Gasteiger charge is 2.07. The van der Waals surface area contributed by atoms with Gasteiger partial charge in [-0.15, -0.1) is 0 Å². The zero-order chi connectivity index (χ0) is 12.0. The zero-order valence-corrected chi connectivity index (χ0v) is 10.3. The van der Waals surface area contributed by atoms with Crippen molar-refractivity contribution < 1.29 is 0 Å². The second-order valence-electron chi connectivity index (χ2n) is 3.82. The van der Waals surface area contributed by atoms with Gasteiger partial charge in [-0.2, -0.15) is 0 Å². The Balaban J connectivity index is 3.26. The van der Waals surface area contributed by atoms with Crippen molar-refractivity contribution >= 4 is 5.71 Å². The first-order valence-corrected chi connectivity index (χ1v) is 5.68. The van der Waals surface area contributed by atoms with Crippen molar-refractivity contribution in [1.29, 1.82) is 0 Å². The van der Waals surface area contributed by atoms with Crippen molar-refractivity contribution in [2.75, 3.05) is 7.05 Å². The van der Waals surface area contributed by atoms with Gasteiger partial charge in [-0.1, -0.05) is 31.5 Å². The minimum atomic E-state index is 0.953. The largest absolute Gasteiger partial charge is 0.405 e. The molecule has 0 aromatic heterocycles. The topological polar surface area (TPSA) is 38.4 Å². The Hall–Kier alpha value is -1.57. The number of nitrogens with zero attached hydrogens (tertiary/aromatic N) is 1. The molecular weight excluding hydrogens is 196 g/mol. The van der Waals surface area contributed by atoms with Crippen LogP contribution in [0.2, 0.25) is 0 Å². The van der Waals surface area contributed by atoms with Gasteiger partial charge < -0.3 is 5.73 Å². The molecule has 2 nitrogen and oxygen atoms in total. The molecule has 0 saturated heterocycles. The van der Waals surface area contributed by atoms with Gasteiger partial charge in [-0.3, -0.25) is 4.99 Å². The third-order valence-electron chi connectivity index (χ3n) is 2.68. The van der Waals surface area contributed by atoms with Crippen LogP contribution in [0.4, 0.5) is 0 Å². The van der Waals surface area contributed by atoms with Gasteiger partial charge in [0, 0.05) is 12.6 Å². The fourth-order valence-electron chi connectivity index (χ4n) is 1.90. The number of hydrogen-bond donors (Lipinski definition) is 1. The normalized spacial score (nSPS) is 12.3. The standard InChI is InChI=1S/C14H20N2/c1-4-6-12-11(2)7-5-8-13(12)14(16-3)9-10-15/h5,7-10H,4,6,15H2,1-3H3. The summed E-state index contributed by atoms with van der Waals surface area (Å²) in [6.07, 6.45) is 5.62. The van der Waals surface area contributed by atoms with Gasteiger partial charge in [-0.05, 0) is 36.7 Å². The number of hydrogen-bond acceptors (Lipinski definition) is 2. The third kappa shape index (κ3) is 2.72. The monoisotopic (exact) mass is 216 g/mol. The number of rotatable bonds is 4. The van der Waals surface area contributed by atoms with Crippen LogP contribution in [0, 0.1) is 6.92 Å². The summed E-state index contributed by atoms with van der Waals surface area (Å²) in [5, 5.41) is 0. The maximum atomic E-state index is 5.44. The molecule has 0 heterocycles. The van der Waals surface area contributed by atoms with Crippen molar-refractivity contribution in [3.8, 4) is 0 Å². The Kier molecular flexibility index (Phi) is 4.77. The van der Waals surface area contributed by atoms with E-state index < -0.39 is 0 Å². The molecule has 0 bridgehead atoms. The Morgan fingerprint density at radius 1 is 1.44 bits per heavy atom. The molecule has 0 saturated carbocycles. The molecule has 1 rings (SSSR count). The molecule has 0 unspecified atom stereocenters. The quantitative estimate of drug-likeness (QED) is 0.772. The smallest absolute Gasteiger partial charge is 0.0660 e. The fraction of sp³-hybridized carbons (Fsp3) is 0.357. The zero-order valence-electron chi connectivity index (χ0n) is 10.3. The maximum absolute atomic E-state index is 5.44. The van der Waals surface area contributed by atoms with Crippen LogP contribution in [-0.4, -0.2) is 12.8 Å². The predicted octanol–water partition coefficient (Wildman–Crippen LogP) is 2.84. The summed E-state index contributed by atoms with van der Waals surface area (Å²) in [5.74, 6) is 0. The van der Waals surface area contributed by atoms with Crippen LogP contribution in [0.5, 0.6) is 0 Å². The summed E-state index contributed by atoms with van der Waals surface area (Å²) in [7, 11) is 1.80. The highest BCUT2D eigenvalue weighted by molar-refractivity contribution is 6.09. The van der Waals surface area contributed by atoms with E-state index >= 15 is 0 Å². The third-order valence-corrected chi connectivity index (χ3v) is 2.68. The summed E-state index contributed by atoms with van der Waals surface area (Å²) in [4.78, 5) is 4.28. The molecular formula is C14H20N2. The van der Waals surface area contributed by atoms with E-state index in [0.717, 1.165) is 18.6 Å². The number of benzene rings is 1. The van der Waals surface area contributed by atoms with Crippen molar-refractivity contribution in [2.45, 2.75) is 26.7 Å². The van der Waals surface area contributed by atoms with Gasteiger partial charge >= 0.3 is 0 Å². The number of nitrogens with two attached hydrogens (primary N) is 1. The predicted molar refractivity (Wildman–Crippen MR) is 71.0 cm³/mol. The molecule has 0 aliphatic carbocycles. The second kappa shape index (κ2) is 6.11. The first-order valence-electron chi connectivity index (χ1n) is 5.68. The number of aliphatic imine (C=N–C) groups is 1. The van der Waals surface area contributed by atoms with Crippen molar-refractivity contribution in [3.05, 3.63) is 47.2 Å². The fourth-order valence-corrected chi connectivity index (χ4v) is 1.90. The van der Waals surface area contributed by atoms with Crippen molar-refractivity contribution in [1.82, 2.24) is 0 Å². The van der Waals surface area contributed by atoms with Gasteiger partial charge in [0.1, 0.15) is 0 Å². The minimum Gasteiger partial charge on any atom is -0.405 e. The van der Waals surface area contributed by atoms with Crippen LogP contribution in [-0.2, 0) is 6.42 Å². The molecule has 1 aromatic rings. The van der Waals surface area contributed by atoms with Crippen LogP contribution < -0.4 is 5.73 Å². The van der Waals surface area contributed by atoms with Crippen LogP contribution in [0.15, 0.2) is 35.5 Å². The molecule has 1 aromatic carbocycles. The average molecular weight is 216 g/mol. The van der Waals surface area contributed by atoms with Gasteiger partial charge in [0.15, 0.2) is 0 Å². The molecule has 0 aliphatic rings. The van der Waals surface area contributed by atoms with Crippen LogP contribution in [0.25, 0.3) is 0 Å². The van der Waals surface area contributed by atoms with Gasteiger partial charge in [0.05, 0.1) is 5.71 Å².